The van der Waals surface area contributed by atoms with Gasteiger partial charge in [0.1, 0.15) is 11.4 Å². The van der Waals surface area contributed by atoms with Crippen LogP contribution in [0.15, 0.2) is 42.7 Å². The Hall–Kier alpha value is -3.33. The maximum atomic E-state index is 12.6. The van der Waals surface area contributed by atoms with Crippen molar-refractivity contribution in [2.24, 2.45) is 7.05 Å². The van der Waals surface area contributed by atoms with E-state index in [4.69, 9.17) is 16.3 Å². The summed E-state index contributed by atoms with van der Waals surface area (Å²) in [6.45, 7) is -0.00513. The molecule has 0 saturated carbocycles. The van der Waals surface area contributed by atoms with Crippen molar-refractivity contribution in [1.29, 1.82) is 0 Å². The van der Waals surface area contributed by atoms with Gasteiger partial charge in [-0.15, -0.1) is 0 Å². The fourth-order valence-electron chi connectivity index (χ4n) is 2.37. The molecule has 3 aromatic rings. The van der Waals surface area contributed by atoms with E-state index in [-0.39, 0.29) is 18.1 Å². The van der Waals surface area contributed by atoms with E-state index in [1.54, 1.807) is 43.6 Å². The molecule has 2 heterocycles. The topological polar surface area (TPSA) is 103 Å². The molecular formula is C17H17ClN6O3. The smallest absolute Gasteiger partial charge is 0.274 e. The van der Waals surface area contributed by atoms with E-state index in [9.17, 15) is 9.59 Å². The summed E-state index contributed by atoms with van der Waals surface area (Å²) in [6, 6.07) is 8.55. The summed E-state index contributed by atoms with van der Waals surface area (Å²) in [5.41, 5.74) is 0.669. The number of amides is 2. The number of ether oxygens (including phenoxy) is 1. The zero-order valence-electron chi connectivity index (χ0n) is 14.6. The Morgan fingerprint density at radius 2 is 2.00 bits per heavy atom. The summed E-state index contributed by atoms with van der Waals surface area (Å²) >= 11 is 6.06. The first-order valence-corrected chi connectivity index (χ1v) is 8.33. The van der Waals surface area contributed by atoms with E-state index < -0.39 is 11.8 Å². The molecule has 0 unspecified atom stereocenters. The van der Waals surface area contributed by atoms with Gasteiger partial charge in [0.05, 0.1) is 10.7 Å². The number of aromatic nitrogens is 4. The molecule has 9 nitrogen and oxygen atoms in total. The lowest BCUT2D eigenvalue weighted by Crippen LogP contribution is -2.23. The molecule has 140 valence electrons. The summed E-state index contributed by atoms with van der Waals surface area (Å²) in [6.07, 6.45) is 3.03. The zero-order chi connectivity index (χ0) is 19.4. The highest BCUT2D eigenvalue weighted by Crippen LogP contribution is 2.23. The van der Waals surface area contributed by atoms with E-state index >= 15 is 0 Å². The second kappa shape index (κ2) is 7.92. The Bertz CT molecular complexity index is 981. The summed E-state index contributed by atoms with van der Waals surface area (Å²) in [5, 5.41) is 13.8. The van der Waals surface area contributed by atoms with Gasteiger partial charge in [-0.25, -0.2) is 4.68 Å². The van der Waals surface area contributed by atoms with Crippen LogP contribution in [-0.4, -0.2) is 38.4 Å². The Morgan fingerprint density at radius 3 is 2.74 bits per heavy atom. The van der Waals surface area contributed by atoms with E-state index in [0.717, 1.165) is 0 Å². The van der Waals surface area contributed by atoms with Crippen molar-refractivity contribution >= 4 is 29.1 Å². The number of hydrogen-bond donors (Lipinski definition) is 2. The van der Waals surface area contributed by atoms with Crippen molar-refractivity contribution in [2.45, 2.75) is 6.73 Å². The van der Waals surface area contributed by atoms with Crippen molar-refractivity contribution in [3.63, 3.8) is 0 Å². The zero-order valence-corrected chi connectivity index (χ0v) is 15.4. The van der Waals surface area contributed by atoms with Crippen molar-refractivity contribution in [1.82, 2.24) is 24.9 Å². The van der Waals surface area contributed by atoms with Gasteiger partial charge in [0.15, 0.2) is 12.4 Å². The highest BCUT2D eigenvalue weighted by molar-refractivity contribution is 6.32. The number of nitrogens with zero attached hydrogens (tertiary/aromatic N) is 4. The predicted molar refractivity (Wildman–Crippen MR) is 98.9 cm³/mol. The van der Waals surface area contributed by atoms with Gasteiger partial charge >= 0.3 is 0 Å². The molecule has 2 amide bonds. The van der Waals surface area contributed by atoms with Crippen LogP contribution in [0, 0.1) is 0 Å². The Balaban J connectivity index is 1.75. The summed E-state index contributed by atoms with van der Waals surface area (Å²) in [5.74, 6) is -0.370. The number of carbonyl (C=O) groups excluding carboxylic acids is 2. The van der Waals surface area contributed by atoms with Gasteiger partial charge in [-0.1, -0.05) is 23.7 Å². The fraction of sp³-hybridized carbons (Fsp3) is 0.176. The van der Waals surface area contributed by atoms with Gasteiger partial charge in [-0.05, 0) is 18.2 Å². The molecule has 0 atom stereocenters. The number of aryl methyl sites for hydroxylation is 1. The molecule has 0 radical (unpaired) electrons. The third-order valence-electron chi connectivity index (χ3n) is 3.65. The lowest BCUT2D eigenvalue weighted by molar-refractivity contribution is 0.0958. The number of halogens is 1. The van der Waals surface area contributed by atoms with Crippen LogP contribution in [0.25, 0.3) is 0 Å². The van der Waals surface area contributed by atoms with E-state index in [0.29, 0.717) is 16.5 Å². The molecule has 0 aliphatic heterocycles. The third-order valence-corrected chi connectivity index (χ3v) is 3.96. The Kier molecular flexibility index (Phi) is 5.41. The molecule has 0 fully saturated rings. The number of para-hydroxylation sites is 1. The number of nitrogens with one attached hydrogen (secondary N) is 2. The molecule has 0 aliphatic carbocycles. The van der Waals surface area contributed by atoms with E-state index in [1.807, 2.05) is 0 Å². The van der Waals surface area contributed by atoms with Crippen LogP contribution in [0.2, 0.25) is 5.02 Å². The minimum atomic E-state index is -0.451. The van der Waals surface area contributed by atoms with E-state index in [1.165, 1.54) is 22.6 Å². The van der Waals surface area contributed by atoms with Gasteiger partial charge in [-0.3, -0.25) is 14.3 Å². The lowest BCUT2D eigenvalue weighted by atomic mass is 10.3. The minimum absolute atomic E-state index is 0.00513. The first-order chi connectivity index (χ1) is 13.0. The average molecular weight is 389 g/mol. The van der Waals surface area contributed by atoms with Gasteiger partial charge in [0, 0.05) is 26.5 Å². The fourth-order valence-corrected chi connectivity index (χ4v) is 2.56. The van der Waals surface area contributed by atoms with Crippen LogP contribution in [0.4, 0.5) is 5.69 Å². The van der Waals surface area contributed by atoms with Crippen LogP contribution in [0.5, 0.6) is 5.75 Å². The minimum Gasteiger partial charge on any atom is -0.470 e. The summed E-state index contributed by atoms with van der Waals surface area (Å²) in [7, 11) is 3.15. The molecule has 3 rings (SSSR count). The highest BCUT2D eigenvalue weighted by atomic mass is 35.5. The van der Waals surface area contributed by atoms with Gasteiger partial charge in [-0.2, -0.15) is 10.2 Å². The normalized spacial score (nSPS) is 10.5. The molecule has 0 spiro atoms. The first kappa shape index (κ1) is 18.5. The first-order valence-electron chi connectivity index (χ1n) is 7.96. The van der Waals surface area contributed by atoms with Crippen LogP contribution in [0.3, 0.4) is 0 Å². The van der Waals surface area contributed by atoms with Crippen molar-refractivity contribution < 1.29 is 14.3 Å². The van der Waals surface area contributed by atoms with Gasteiger partial charge in [0.25, 0.3) is 11.8 Å². The molecule has 27 heavy (non-hydrogen) atoms. The molecule has 2 aromatic heterocycles. The van der Waals surface area contributed by atoms with Crippen LogP contribution < -0.4 is 15.4 Å². The van der Waals surface area contributed by atoms with E-state index in [2.05, 4.69) is 20.8 Å². The van der Waals surface area contributed by atoms with Crippen molar-refractivity contribution in [3.8, 4) is 5.75 Å². The molecular weight excluding hydrogens is 372 g/mol. The maximum absolute atomic E-state index is 12.6. The predicted octanol–water partition coefficient (Wildman–Crippen LogP) is 1.92. The second-order valence-corrected chi connectivity index (χ2v) is 5.93. The monoisotopic (exact) mass is 388 g/mol. The standard InChI is InChI=1S/C17H17ClN6O3/c1-19-17(26)15-12(9-23(2)22-15)21-16(25)13-7-8-20-24(13)10-27-14-6-4-3-5-11(14)18/h3-9H,10H2,1-2H3,(H,19,26)(H,21,25). The quantitative estimate of drug-likeness (QED) is 0.671. The number of benzene rings is 1. The maximum Gasteiger partial charge on any atom is 0.274 e. The van der Waals surface area contributed by atoms with Crippen LogP contribution >= 0.6 is 11.6 Å². The lowest BCUT2D eigenvalue weighted by Gasteiger charge is -2.10. The third kappa shape index (κ3) is 4.09. The Labute approximate surface area is 159 Å². The largest absolute Gasteiger partial charge is 0.470 e. The van der Waals surface area contributed by atoms with Crippen LogP contribution in [-0.2, 0) is 13.8 Å². The van der Waals surface area contributed by atoms with Gasteiger partial charge < -0.3 is 15.4 Å². The number of hydrogen-bond acceptors (Lipinski definition) is 5. The van der Waals surface area contributed by atoms with Crippen LogP contribution in [0.1, 0.15) is 21.0 Å². The highest BCUT2D eigenvalue weighted by Gasteiger charge is 2.19. The number of carbonyl (C=O) groups is 2. The molecule has 1 aromatic carbocycles. The van der Waals surface area contributed by atoms with Crippen molar-refractivity contribution in [2.75, 3.05) is 12.4 Å². The summed E-state index contributed by atoms with van der Waals surface area (Å²) < 4.78 is 8.44. The van der Waals surface area contributed by atoms with Crippen molar-refractivity contribution in [3.05, 3.63) is 59.1 Å². The molecule has 0 bridgehead atoms. The number of rotatable bonds is 6. The SMILES string of the molecule is CNC(=O)c1nn(C)cc1NC(=O)c1ccnn1COc1ccccc1Cl. The molecule has 0 aliphatic rings. The summed E-state index contributed by atoms with van der Waals surface area (Å²) in [4.78, 5) is 24.5. The molecule has 2 N–H and O–H groups in total. The average Bonchev–Trinajstić information content (AvgIpc) is 3.26. The Morgan fingerprint density at radius 1 is 1.22 bits per heavy atom. The molecule has 0 saturated heterocycles. The molecule has 10 heteroatoms. The second-order valence-electron chi connectivity index (χ2n) is 5.52. The van der Waals surface area contributed by atoms with Gasteiger partial charge in [0.2, 0.25) is 0 Å². The number of anilines is 1.